The zero-order chi connectivity index (χ0) is 25.8. The van der Waals surface area contributed by atoms with Crippen LogP contribution < -0.4 is 0 Å². The normalized spacial score (nSPS) is 15.8. The molecule has 0 atom stereocenters. The Balaban J connectivity index is 1.84. The Morgan fingerprint density at radius 3 is 2.14 bits per heavy atom. The van der Waals surface area contributed by atoms with E-state index in [1.165, 1.54) is 10.4 Å². The molecule has 4 rings (SSSR count). The van der Waals surface area contributed by atoms with E-state index in [1.54, 1.807) is 30.3 Å². The van der Waals surface area contributed by atoms with Gasteiger partial charge in [0.1, 0.15) is 5.76 Å². The van der Waals surface area contributed by atoms with E-state index >= 15 is 0 Å². The van der Waals surface area contributed by atoms with Crippen molar-refractivity contribution in [1.82, 2.24) is 4.31 Å². The Morgan fingerprint density at radius 2 is 1.53 bits per heavy atom. The first-order chi connectivity index (χ1) is 17.1. The fourth-order valence-electron chi connectivity index (χ4n) is 4.20. The van der Waals surface area contributed by atoms with Gasteiger partial charge in [-0.15, -0.1) is 0 Å². The number of nitrogens with zero attached hydrogens (tertiary/aromatic N) is 1. The second kappa shape index (κ2) is 10.5. The summed E-state index contributed by atoms with van der Waals surface area (Å²) in [5.41, 5.74) is 2.28. The number of allylic oxidation sites excluding steroid dienone is 2. The summed E-state index contributed by atoms with van der Waals surface area (Å²) in [4.78, 5) is 12.6. The number of benzene rings is 3. The van der Waals surface area contributed by atoms with E-state index in [4.69, 9.17) is 4.74 Å². The molecule has 0 amide bonds. The molecule has 0 saturated heterocycles. The summed E-state index contributed by atoms with van der Waals surface area (Å²) < 4.78 is 35.7. The van der Waals surface area contributed by atoms with Gasteiger partial charge in [-0.25, -0.2) is 12.7 Å². The fourth-order valence-corrected chi connectivity index (χ4v) is 5.58. The number of rotatable bonds is 8. The predicted octanol–water partition coefficient (Wildman–Crippen LogP) is 6.47. The fraction of sp³-hybridized carbons (Fsp3) is 0.233. The SMILES string of the molecule is Cc1ccc(S(=O)(=O)N(Cc2ccccc2)/C(=C\c2ccccc2)OC2=CC(=O)CC(C)(C)C2)cc1. The molecule has 0 heterocycles. The van der Waals surface area contributed by atoms with Crippen LogP contribution >= 0.6 is 0 Å². The lowest BCUT2D eigenvalue weighted by atomic mass is 9.79. The molecule has 1 aliphatic rings. The van der Waals surface area contributed by atoms with Crippen molar-refractivity contribution in [1.29, 1.82) is 0 Å². The first-order valence-corrected chi connectivity index (χ1v) is 13.4. The quantitative estimate of drug-likeness (QED) is 0.332. The third-order valence-electron chi connectivity index (χ3n) is 5.98. The summed E-state index contributed by atoms with van der Waals surface area (Å²) in [6, 6.07) is 25.6. The van der Waals surface area contributed by atoms with Crippen LogP contribution in [-0.4, -0.2) is 18.5 Å². The topological polar surface area (TPSA) is 63.7 Å². The molecule has 0 aliphatic heterocycles. The van der Waals surface area contributed by atoms with Gasteiger partial charge in [0, 0.05) is 25.0 Å². The van der Waals surface area contributed by atoms with Crippen LogP contribution in [0, 0.1) is 12.3 Å². The van der Waals surface area contributed by atoms with Crippen molar-refractivity contribution < 1.29 is 17.9 Å². The lowest BCUT2D eigenvalue weighted by Gasteiger charge is -2.32. The Hall–Kier alpha value is -3.64. The minimum atomic E-state index is -4.00. The van der Waals surface area contributed by atoms with Crippen molar-refractivity contribution in [3.05, 3.63) is 119 Å². The van der Waals surface area contributed by atoms with Crippen LogP contribution in [0.1, 0.15) is 43.4 Å². The number of sulfonamides is 1. The van der Waals surface area contributed by atoms with Crippen molar-refractivity contribution in [2.75, 3.05) is 0 Å². The molecule has 0 unspecified atom stereocenters. The molecule has 0 aromatic heterocycles. The van der Waals surface area contributed by atoms with Gasteiger partial charge in [-0.2, -0.15) is 0 Å². The van der Waals surface area contributed by atoms with Gasteiger partial charge in [0.05, 0.1) is 11.4 Å². The molecule has 0 fully saturated rings. The highest BCUT2D eigenvalue weighted by atomic mass is 32.2. The Kier molecular flexibility index (Phi) is 7.45. The molecule has 6 heteroatoms. The van der Waals surface area contributed by atoms with Crippen molar-refractivity contribution in [3.8, 4) is 0 Å². The second-order valence-electron chi connectivity index (χ2n) is 9.90. The largest absolute Gasteiger partial charge is 0.444 e. The molecule has 0 spiro atoms. The van der Waals surface area contributed by atoms with Crippen molar-refractivity contribution in [2.24, 2.45) is 5.41 Å². The summed E-state index contributed by atoms with van der Waals surface area (Å²) in [5, 5.41) is 0. The molecule has 5 nitrogen and oxygen atoms in total. The molecular formula is C30H31NO4S. The van der Waals surface area contributed by atoms with Crippen molar-refractivity contribution in [3.63, 3.8) is 0 Å². The minimum Gasteiger partial charge on any atom is -0.444 e. The summed E-state index contributed by atoms with van der Waals surface area (Å²) in [5.74, 6) is 0.564. The average Bonchev–Trinajstić information content (AvgIpc) is 2.82. The number of ether oxygens (including phenoxy) is 1. The van der Waals surface area contributed by atoms with Gasteiger partial charge in [0.15, 0.2) is 5.78 Å². The highest BCUT2D eigenvalue weighted by Gasteiger charge is 2.33. The van der Waals surface area contributed by atoms with Gasteiger partial charge in [-0.3, -0.25) is 4.79 Å². The molecule has 3 aromatic carbocycles. The van der Waals surface area contributed by atoms with E-state index in [1.807, 2.05) is 81.4 Å². The van der Waals surface area contributed by atoms with E-state index in [2.05, 4.69) is 0 Å². The van der Waals surface area contributed by atoms with Crippen LogP contribution in [0.15, 0.2) is 108 Å². The second-order valence-corrected chi connectivity index (χ2v) is 11.8. The first kappa shape index (κ1) is 25.5. The van der Waals surface area contributed by atoms with Gasteiger partial charge >= 0.3 is 0 Å². The summed E-state index contributed by atoms with van der Waals surface area (Å²) >= 11 is 0. The number of carbonyl (C=O) groups is 1. The standard InChI is InChI=1S/C30H31NO4S/c1-23-14-16-28(17-15-23)36(33,34)31(22-25-12-8-5-9-13-25)29(18-24-10-6-4-7-11-24)35-27-19-26(32)20-30(2,3)21-27/h4-19H,20-22H2,1-3H3/b29-18+. The lowest BCUT2D eigenvalue weighted by Crippen LogP contribution is -2.32. The van der Waals surface area contributed by atoms with Crippen LogP contribution in [-0.2, 0) is 26.1 Å². The summed E-state index contributed by atoms with van der Waals surface area (Å²) in [6.45, 7) is 6.00. The third kappa shape index (κ3) is 6.32. The Morgan fingerprint density at radius 1 is 0.917 bits per heavy atom. The van der Waals surface area contributed by atoms with Gasteiger partial charge in [0.2, 0.25) is 5.88 Å². The molecule has 0 bridgehead atoms. The molecule has 0 saturated carbocycles. The lowest BCUT2D eigenvalue weighted by molar-refractivity contribution is -0.117. The van der Waals surface area contributed by atoms with Gasteiger partial charge in [0.25, 0.3) is 10.0 Å². The van der Waals surface area contributed by atoms with E-state index in [9.17, 15) is 13.2 Å². The molecule has 3 aromatic rings. The highest BCUT2D eigenvalue weighted by Crippen LogP contribution is 2.36. The maximum absolute atomic E-state index is 14.0. The molecule has 1 aliphatic carbocycles. The third-order valence-corrected chi connectivity index (χ3v) is 7.73. The van der Waals surface area contributed by atoms with Crippen LogP contribution in [0.2, 0.25) is 0 Å². The average molecular weight is 502 g/mol. The maximum atomic E-state index is 14.0. The monoisotopic (exact) mass is 501 g/mol. The van der Waals surface area contributed by atoms with Crippen molar-refractivity contribution >= 4 is 21.9 Å². The predicted molar refractivity (Wildman–Crippen MR) is 142 cm³/mol. The van der Waals surface area contributed by atoms with Crippen LogP contribution in [0.25, 0.3) is 6.08 Å². The number of hydrogen-bond acceptors (Lipinski definition) is 4. The first-order valence-electron chi connectivity index (χ1n) is 11.9. The zero-order valence-electron chi connectivity index (χ0n) is 20.8. The maximum Gasteiger partial charge on any atom is 0.266 e. The van der Waals surface area contributed by atoms with Gasteiger partial charge < -0.3 is 4.74 Å². The van der Waals surface area contributed by atoms with Crippen LogP contribution in [0.3, 0.4) is 0 Å². The number of aryl methyl sites for hydroxylation is 1. The van der Waals surface area contributed by atoms with Crippen molar-refractivity contribution in [2.45, 2.75) is 45.1 Å². The highest BCUT2D eigenvalue weighted by molar-refractivity contribution is 7.89. The minimum absolute atomic E-state index is 0.0312. The summed E-state index contributed by atoms with van der Waals surface area (Å²) in [7, 11) is -4.00. The Labute approximate surface area is 213 Å². The molecular weight excluding hydrogens is 470 g/mol. The summed E-state index contributed by atoms with van der Waals surface area (Å²) in [6.07, 6.45) is 4.15. The molecule has 186 valence electrons. The van der Waals surface area contributed by atoms with Gasteiger partial charge in [-0.1, -0.05) is 92.2 Å². The Bertz CT molecular complexity index is 1370. The van der Waals surface area contributed by atoms with E-state index in [-0.39, 0.29) is 28.5 Å². The van der Waals surface area contributed by atoms with Crippen LogP contribution in [0.5, 0.6) is 0 Å². The van der Waals surface area contributed by atoms with E-state index < -0.39 is 10.0 Å². The number of hydrogen-bond donors (Lipinski definition) is 0. The van der Waals surface area contributed by atoms with E-state index in [0.29, 0.717) is 18.6 Å². The number of carbonyl (C=O) groups excluding carboxylic acids is 1. The molecule has 0 radical (unpaired) electrons. The number of ketones is 1. The van der Waals surface area contributed by atoms with E-state index in [0.717, 1.165) is 16.7 Å². The zero-order valence-corrected chi connectivity index (χ0v) is 21.7. The van der Waals surface area contributed by atoms with Gasteiger partial charge in [-0.05, 0) is 35.6 Å². The smallest absolute Gasteiger partial charge is 0.266 e. The molecule has 36 heavy (non-hydrogen) atoms. The molecule has 0 N–H and O–H groups in total. The van der Waals surface area contributed by atoms with Crippen LogP contribution in [0.4, 0.5) is 0 Å².